The van der Waals surface area contributed by atoms with E-state index in [-0.39, 0.29) is 5.69 Å². The highest BCUT2D eigenvalue weighted by atomic mass is 31.2. The summed E-state index contributed by atoms with van der Waals surface area (Å²) in [4.78, 5) is 11.0. The van der Waals surface area contributed by atoms with Crippen LogP contribution in [0, 0.1) is 17.0 Å². The average Bonchev–Trinajstić information content (AvgIpc) is 3.33. The van der Waals surface area contributed by atoms with Gasteiger partial charge in [0.05, 0.1) is 11.2 Å². The van der Waals surface area contributed by atoms with Crippen LogP contribution in [0.4, 0.5) is 11.4 Å². The number of aryl methyl sites for hydroxylation is 1. The Kier molecular flexibility index (Phi) is 5.74. The summed E-state index contributed by atoms with van der Waals surface area (Å²) in [6.45, 7) is 1.69. The maximum absolute atomic E-state index is 14.8. The third kappa shape index (κ3) is 4.03. The lowest BCUT2D eigenvalue weighted by atomic mass is 10.2. The topological polar surface area (TPSA) is 85.4 Å². The van der Waals surface area contributed by atoms with Gasteiger partial charge >= 0.3 is 0 Å². The SMILES string of the molecule is Cc1ccc(NC(c2ccco2)P(=O)(c2ccccc2)c2ccccc2)cc1[N+](=O)[O-]. The number of hydrogen-bond acceptors (Lipinski definition) is 5. The van der Waals surface area contributed by atoms with E-state index in [4.69, 9.17) is 4.42 Å². The Hall–Kier alpha value is -3.63. The van der Waals surface area contributed by atoms with E-state index in [2.05, 4.69) is 5.32 Å². The van der Waals surface area contributed by atoms with Gasteiger partial charge in [-0.05, 0) is 25.1 Å². The first-order valence-electron chi connectivity index (χ1n) is 9.76. The summed E-state index contributed by atoms with van der Waals surface area (Å²) < 4.78 is 20.5. The summed E-state index contributed by atoms with van der Waals surface area (Å²) in [6, 6.07) is 26.9. The van der Waals surface area contributed by atoms with Crippen molar-refractivity contribution in [2.45, 2.75) is 12.7 Å². The van der Waals surface area contributed by atoms with Gasteiger partial charge in [0.15, 0.2) is 7.14 Å². The summed E-state index contributed by atoms with van der Waals surface area (Å²) in [5.41, 5.74) is 1.04. The van der Waals surface area contributed by atoms with Crippen LogP contribution in [0.3, 0.4) is 0 Å². The van der Waals surface area contributed by atoms with Crippen LogP contribution in [0.2, 0.25) is 0 Å². The van der Waals surface area contributed by atoms with Crippen molar-refractivity contribution < 1.29 is 13.9 Å². The Morgan fingerprint density at radius 2 is 1.52 bits per heavy atom. The van der Waals surface area contributed by atoms with Crippen molar-refractivity contribution in [3.63, 3.8) is 0 Å². The predicted molar refractivity (Wildman–Crippen MR) is 123 cm³/mol. The van der Waals surface area contributed by atoms with Gasteiger partial charge in [-0.1, -0.05) is 66.7 Å². The molecule has 4 rings (SSSR count). The standard InChI is InChI=1S/C24H21N2O4P/c1-18-14-15-19(17-22(18)26(27)28)25-24(23-13-8-16-30-23)31(29,20-9-4-2-5-10-20)21-11-6-3-7-12-21/h2-17,24-25H,1H3. The van der Waals surface area contributed by atoms with Gasteiger partial charge in [-0.3, -0.25) is 10.1 Å². The molecule has 0 amide bonds. The van der Waals surface area contributed by atoms with Crippen molar-refractivity contribution in [2.24, 2.45) is 0 Å². The summed E-state index contributed by atoms with van der Waals surface area (Å²) in [7, 11) is -3.31. The molecule has 156 valence electrons. The number of rotatable bonds is 7. The van der Waals surface area contributed by atoms with E-state index in [1.54, 1.807) is 31.2 Å². The van der Waals surface area contributed by atoms with E-state index in [9.17, 15) is 14.7 Å². The molecule has 0 spiro atoms. The maximum atomic E-state index is 14.8. The third-order valence-electron chi connectivity index (χ3n) is 5.17. The fraction of sp³-hybridized carbons (Fsp3) is 0.0833. The highest BCUT2D eigenvalue weighted by Gasteiger charge is 2.39. The van der Waals surface area contributed by atoms with Crippen LogP contribution in [-0.2, 0) is 4.57 Å². The molecule has 6 nitrogen and oxygen atoms in total. The minimum Gasteiger partial charge on any atom is -0.467 e. The quantitative estimate of drug-likeness (QED) is 0.233. The zero-order valence-corrected chi connectivity index (χ0v) is 17.7. The van der Waals surface area contributed by atoms with E-state index in [0.717, 1.165) is 0 Å². The molecule has 0 aliphatic carbocycles. The summed E-state index contributed by atoms with van der Waals surface area (Å²) in [6.07, 6.45) is 1.53. The molecule has 1 N–H and O–H groups in total. The van der Waals surface area contributed by atoms with Gasteiger partial charge in [0.1, 0.15) is 11.5 Å². The van der Waals surface area contributed by atoms with Gasteiger partial charge in [-0.15, -0.1) is 0 Å². The Labute approximate surface area is 180 Å². The second kappa shape index (κ2) is 8.62. The zero-order chi connectivity index (χ0) is 21.8. The van der Waals surface area contributed by atoms with Gasteiger partial charge in [-0.25, -0.2) is 0 Å². The molecule has 0 aliphatic rings. The molecule has 3 aromatic carbocycles. The van der Waals surface area contributed by atoms with E-state index in [1.165, 1.54) is 12.3 Å². The lowest BCUT2D eigenvalue weighted by Crippen LogP contribution is -2.25. The second-order valence-electron chi connectivity index (χ2n) is 7.15. The number of nitrogens with zero attached hydrogens (tertiary/aromatic N) is 1. The predicted octanol–water partition coefficient (Wildman–Crippen LogP) is 5.62. The normalized spacial score (nSPS) is 12.3. The maximum Gasteiger partial charge on any atom is 0.274 e. The monoisotopic (exact) mass is 432 g/mol. The highest BCUT2D eigenvalue weighted by molar-refractivity contribution is 7.79. The molecular weight excluding hydrogens is 411 g/mol. The Balaban J connectivity index is 1.89. The van der Waals surface area contributed by atoms with Crippen LogP contribution >= 0.6 is 7.14 Å². The average molecular weight is 432 g/mol. The zero-order valence-electron chi connectivity index (χ0n) is 16.8. The number of anilines is 1. The number of furan rings is 1. The molecule has 1 aromatic heterocycles. The van der Waals surface area contributed by atoms with Crippen molar-refractivity contribution in [3.8, 4) is 0 Å². The molecule has 31 heavy (non-hydrogen) atoms. The summed E-state index contributed by atoms with van der Waals surface area (Å²) >= 11 is 0. The van der Waals surface area contributed by atoms with Crippen molar-refractivity contribution in [3.05, 3.63) is 119 Å². The van der Waals surface area contributed by atoms with Crippen LogP contribution in [0.5, 0.6) is 0 Å². The molecule has 0 radical (unpaired) electrons. The molecule has 1 atom stereocenters. The van der Waals surface area contributed by atoms with Crippen molar-refractivity contribution >= 4 is 29.1 Å². The molecule has 0 aliphatic heterocycles. The van der Waals surface area contributed by atoms with Crippen LogP contribution in [0.25, 0.3) is 0 Å². The highest BCUT2D eigenvalue weighted by Crippen LogP contribution is 2.57. The van der Waals surface area contributed by atoms with Crippen molar-refractivity contribution in [1.29, 1.82) is 0 Å². The van der Waals surface area contributed by atoms with Crippen LogP contribution in [-0.4, -0.2) is 4.92 Å². The minimum absolute atomic E-state index is 0.00236. The van der Waals surface area contributed by atoms with Gasteiger partial charge in [0.25, 0.3) is 5.69 Å². The number of nitro benzene ring substituents is 1. The van der Waals surface area contributed by atoms with E-state index in [0.29, 0.717) is 27.6 Å². The molecule has 4 aromatic rings. The molecule has 0 saturated carbocycles. The molecular formula is C24H21N2O4P. The third-order valence-corrected chi connectivity index (χ3v) is 8.41. The minimum atomic E-state index is -3.31. The molecule has 0 bridgehead atoms. The number of nitrogens with one attached hydrogen (secondary N) is 1. The molecule has 1 heterocycles. The Bertz CT molecular complexity index is 1180. The van der Waals surface area contributed by atoms with E-state index in [1.807, 2.05) is 60.7 Å². The first-order chi connectivity index (χ1) is 15.0. The van der Waals surface area contributed by atoms with Gasteiger partial charge < -0.3 is 14.3 Å². The first kappa shape index (κ1) is 20.6. The van der Waals surface area contributed by atoms with Gasteiger partial charge in [0, 0.05) is 27.9 Å². The summed E-state index contributed by atoms with van der Waals surface area (Å²) in [5.74, 6) is -0.270. The lowest BCUT2D eigenvalue weighted by Gasteiger charge is -2.29. The number of nitro groups is 1. The van der Waals surface area contributed by atoms with Crippen LogP contribution in [0.15, 0.2) is 102 Å². The smallest absolute Gasteiger partial charge is 0.274 e. The fourth-order valence-corrected chi connectivity index (χ4v) is 6.55. The molecule has 1 unspecified atom stereocenters. The fourth-order valence-electron chi connectivity index (χ4n) is 3.59. The molecule has 7 heteroatoms. The Morgan fingerprint density at radius 1 is 0.903 bits per heavy atom. The van der Waals surface area contributed by atoms with Gasteiger partial charge in [-0.2, -0.15) is 0 Å². The van der Waals surface area contributed by atoms with Crippen LogP contribution in [0.1, 0.15) is 17.1 Å². The van der Waals surface area contributed by atoms with E-state index < -0.39 is 17.8 Å². The largest absolute Gasteiger partial charge is 0.467 e. The number of benzene rings is 3. The molecule has 0 saturated heterocycles. The summed E-state index contributed by atoms with van der Waals surface area (Å²) in [5, 5.41) is 16.0. The van der Waals surface area contributed by atoms with Gasteiger partial charge in [0.2, 0.25) is 0 Å². The Morgan fingerprint density at radius 3 is 2.03 bits per heavy atom. The van der Waals surface area contributed by atoms with Crippen molar-refractivity contribution in [2.75, 3.05) is 5.32 Å². The second-order valence-corrected chi connectivity index (χ2v) is 10.0. The molecule has 0 fully saturated rings. The van der Waals surface area contributed by atoms with E-state index >= 15 is 0 Å². The van der Waals surface area contributed by atoms with Crippen molar-refractivity contribution in [1.82, 2.24) is 0 Å². The van der Waals surface area contributed by atoms with Crippen LogP contribution < -0.4 is 15.9 Å². The first-order valence-corrected chi connectivity index (χ1v) is 11.5. The lowest BCUT2D eigenvalue weighted by molar-refractivity contribution is -0.385. The number of hydrogen-bond donors (Lipinski definition) is 1.